The van der Waals surface area contributed by atoms with Gasteiger partial charge in [0, 0.05) is 31.0 Å². The summed E-state index contributed by atoms with van der Waals surface area (Å²) in [6.45, 7) is 0.710. The van der Waals surface area contributed by atoms with E-state index in [-0.39, 0.29) is 17.6 Å². The summed E-state index contributed by atoms with van der Waals surface area (Å²) < 4.78 is 0. The molecule has 5 nitrogen and oxygen atoms in total. The summed E-state index contributed by atoms with van der Waals surface area (Å²) in [5.41, 5.74) is 0.787. The van der Waals surface area contributed by atoms with E-state index >= 15 is 0 Å². The standard InChI is InChI=1S/C15H23N3O2S/c19-14(18-13-7-10-16-11-8-13)6-4-2-1-3-5-9-17-15(20)12-21/h7-8,10-11,21H,1-6,9,12H2,(H,17,20)(H,16,18,19). The van der Waals surface area contributed by atoms with Gasteiger partial charge in [0.1, 0.15) is 0 Å². The van der Waals surface area contributed by atoms with E-state index in [1.54, 1.807) is 24.5 Å². The Bertz CT molecular complexity index is 426. The summed E-state index contributed by atoms with van der Waals surface area (Å²) >= 11 is 3.89. The molecule has 0 aliphatic carbocycles. The van der Waals surface area contributed by atoms with Gasteiger partial charge in [-0.25, -0.2) is 0 Å². The molecule has 0 spiro atoms. The summed E-state index contributed by atoms with van der Waals surface area (Å²) in [6.07, 6.45) is 8.90. The number of hydrogen-bond acceptors (Lipinski definition) is 4. The number of carbonyl (C=O) groups excluding carboxylic acids is 2. The fourth-order valence-corrected chi connectivity index (χ4v) is 2.00. The smallest absolute Gasteiger partial charge is 0.229 e. The second-order valence-corrected chi connectivity index (χ2v) is 5.13. The molecule has 0 unspecified atom stereocenters. The topological polar surface area (TPSA) is 71.1 Å². The minimum Gasteiger partial charge on any atom is -0.355 e. The van der Waals surface area contributed by atoms with Gasteiger partial charge in [-0.05, 0) is 25.0 Å². The first-order valence-corrected chi connectivity index (χ1v) is 7.93. The Kier molecular flexibility index (Phi) is 9.28. The van der Waals surface area contributed by atoms with E-state index in [1.165, 1.54) is 0 Å². The lowest BCUT2D eigenvalue weighted by atomic mass is 10.1. The number of nitrogens with one attached hydrogen (secondary N) is 2. The number of pyridine rings is 1. The van der Waals surface area contributed by atoms with Crippen molar-refractivity contribution in [3.05, 3.63) is 24.5 Å². The van der Waals surface area contributed by atoms with E-state index < -0.39 is 0 Å². The van der Waals surface area contributed by atoms with Crippen molar-refractivity contribution < 1.29 is 9.59 Å². The Morgan fingerprint density at radius 3 is 2.38 bits per heavy atom. The Morgan fingerprint density at radius 1 is 1.00 bits per heavy atom. The molecule has 6 heteroatoms. The molecule has 2 N–H and O–H groups in total. The molecule has 0 aromatic carbocycles. The van der Waals surface area contributed by atoms with Gasteiger partial charge in [0.05, 0.1) is 5.75 Å². The zero-order valence-electron chi connectivity index (χ0n) is 12.2. The minimum absolute atomic E-state index is 0.0221. The number of rotatable bonds is 10. The fourth-order valence-electron chi connectivity index (χ4n) is 1.88. The largest absolute Gasteiger partial charge is 0.355 e. The first-order chi connectivity index (χ1) is 10.2. The van der Waals surface area contributed by atoms with Crippen molar-refractivity contribution in [1.82, 2.24) is 10.3 Å². The Hall–Kier alpha value is -1.56. The van der Waals surface area contributed by atoms with E-state index in [0.717, 1.165) is 37.8 Å². The maximum atomic E-state index is 11.7. The number of thiol groups is 1. The normalized spacial score (nSPS) is 10.1. The van der Waals surface area contributed by atoms with Gasteiger partial charge in [-0.3, -0.25) is 14.6 Å². The maximum Gasteiger partial charge on any atom is 0.229 e. The molecule has 0 fully saturated rings. The summed E-state index contributed by atoms with van der Waals surface area (Å²) in [6, 6.07) is 3.55. The first-order valence-electron chi connectivity index (χ1n) is 7.30. The van der Waals surface area contributed by atoms with Crippen LogP contribution in [0.1, 0.15) is 38.5 Å². The van der Waals surface area contributed by atoms with Crippen LogP contribution in [-0.4, -0.2) is 29.1 Å². The molecule has 0 saturated carbocycles. The number of nitrogens with zero attached hydrogens (tertiary/aromatic N) is 1. The molecular formula is C15H23N3O2S. The minimum atomic E-state index is -0.0221. The highest BCUT2D eigenvalue weighted by Crippen LogP contribution is 2.08. The van der Waals surface area contributed by atoms with E-state index in [1.807, 2.05) is 0 Å². The second-order valence-electron chi connectivity index (χ2n) is 4.81. The van der Waals surface area contributed by atoms with Crippen LogP contribution < -0.4 is 10.6 Å². The molecule has 2 amide bonds. The number of anilines is 1. The number of unbranched alkanes of at least 4 members (excludes halogenated alkanes) is 4. The van der Waals surface area contributed by atoms with Crippen LogP contribution >= 0.6 is 12.6 Å². The van der Waals surface area contributed by atoms with Crippen LogP contribution in [0.5, 0.6) is 0 Å². The summed E-state index contributed by atoms with van der Waals surface area (Å²) in [7, 11) is 0. The van der Waals surface area contributed by atoms with Gasteiger partial charge in [-0.2, -0.15) is 12.6 Å². The third-order valence-electron chi connectivity index (χ3n) is 3.01. The SMILES string of the molecule is O=C(CS)NCCCCCCCC(=O)Nc1ccncc1. The lowest BCUT2D eigenvalue weighted by Gasteiger charge is -2.05. The highest BCUT2D eigenvalue weighted by atomic mass is 32.1. The Morgan fingerprint density at radius 2 is 1.67 bits per heavy atom. The molecule has 21 heavy (non-hydrogen) atoms. The lowest BCUT2D eigenvalue weighted by Crippen LogP contribution is -2.25. The second kappa shape index (κ2) is 11.1. The van der Waals surface area contributed by atoms with Crippen molar-refractivity contribution in [3.8, 4) is 0 Å². The lowest BCUT2D eigenvalue weighted by molar-refractivity contribution is -0.118. The van der Waals surface area contributed by atoms with Crippen molar-refractivity contribution in [2.75, 3.05) is 17.6 Å². The van der Waals surface area contributed by atoms with Crippen LogP contribution in [0.2, 0.25) is 0 Å². The maximum absolute atomic E-state index is 11.7. The highest BCUT2D eigenvalue weighted by molar-refractivity contribution is 7.81. The number of hydrogen-bond donors (Lipinski definition) is 3. The van der Waals surface area contributed by atoms with E-state index in [4.69, 9.17) is 0 Å². The number of carbonyl (C=O) groups is 2. The average molecular weight is 309 g/mol. The van der Waals surface area contributed by atoms with Crippen molar-refractivity contribution >= 4 is 30.1 Å². The van der Waals surface area contributed by atoms with E-state index in [0.29, 0.717) is 13.0 Å². The molecule has 0 atom stereocenters. The van der Waals surface area contributed by atoms with Crippen molar-refractivity contribution in [2.45, 2.75) is 38.5 Å². The van der Waals surface area contributed by atoms with Gasteiger partial charge >= 0.3 is 0 Å². The van der Waals surface area contributed by atoms with Gasteiger partial charge < -0.3 is 10.6 Å². The monoisotopic (exact) mass is 309 g/mol. The van der Waals surface area contributed by atoms with Crippen LogP contribution in [0.25, 0.3) is 0 Å². The van der Waals surface area contributed by atoms with Gasteiger partial charge in [-0.15, -0.1) is 0 Å². The van der Waals surface area contributed by atoms with E-state index in [2.05, 4.69) is 28.2 Å². The zero-order chi connectivity index (χ0) is 15.3. The predicted octanol–water partition coefficient (Wildman–Crippen LogP) is 2.41. The van der Waals surface area contributed by atoms with Crippen LogP contribution in [0.15, 0.2) is 24.5 Å². The average Bonchev–Trinajstić information content (AvgIpc) is 2.50. The third kappa shape index (κ3) is 9.07. The van der Waals surface area contributed by atoms with Crippen LogP contribution in [0.4, 0.5) is 5.69 Å². The summed E-state index contributed by atoms with van der Waals surface area (Å²) in [5, 5.41) is 5.62. The molecule has 1 rings (SSSR count). The van der Waals surface area contributed by atoms with Crippen molar-refractivity contribution in [3.63, 3.8) is 0 Å². The highest BCUT2D eigenvalue weighted by Gasteiger charge is 2.02. The summed E-state index contributed by atoms with van der Waals surface area (Å²) in [5.74, 6) is 0.264. The number of aromatic nitrogens is 1. The van der Waals surface area contributed by atoms with Crippen LogP contribution in [0.3, 0.4) is 0 Å². The molecule has 0 saturated heterocycles. The first kappa shape index (κ1) is 17.5. The van der Waals surface area contributed by atoms with Crippen molar-refractivity contribution in [1.29, 1.82) is 0 Å². The van der Waals surface area contributed by atoms with Crippen LogP contribution in [0, 0.1) is 0 Å². The molecule has 0 bridgehead atoms. The molecule has 1 heterocycles. The Balaban J connectivity index is 1.94. The zero-order valence-corrected chi connectivity index (χ0v) is 13.1. The molecule has 0 aliphatic rings. The van der Waals surface area contributed by atoms with Gasteiger partial charge in [0.15, 0.2) is 0 Å². The molecule has 0 radical (unpaired) electrons. The number of amides is 2. The quantitative estimate of drug-likeness (QED) is 0.459. The van der Waals surface area contributed by atoms with Gasteiger partial charge in [-0.1, -0.05) is 19.3 Å². The third-order valence-corrected chi connectivity index (χ3v) is 3.30. The molecule has 116 valence electrons. The predicted molar refractivity (Wildman–Crippen MR) is 87.4 cm³/mol. The summed E-state index contributed by atoms with van der Waals surface area (Å²) in [4.78, 5) is 26.5. The molecular weight excluding hydrogens is 286 g/mol. The van der Waals surface area contributed by atoms with Gasteiger partial charge in [0.25, 0.3) is 0 Å². The van der Waals surface area contributed by atoms with Gasteiger partial charge in [0.2, 0.25) is 11.8 Å². The molecule has 1 aromatic heterocycles. The molecule has 1 aromatic rings. The van der Waals surface area contributed by atoms with E-state index in [9.17, 15) is 9.59 Å². The van der Waals surface area contributed by atoms with Crippen LogP contribution in [-0.2, 0) is 9.59 Å². The fraction of sp³-hybridized carbons (Fsp3) is 0.533. The molecule has 0 aliphatic heterocycles. The van der Waals surface area contributed by atoms with Crippen molar-refractivity contribution in [2.24, 2.45) is 0 Å². The Labute approximate surface area is 131 Å².